The molecule has 182 valence electrons. The van der Waals surface area contributed by atoms with E-state index < -0.39 is 0 Å². The minimum atomic E-state index is -0.322. The molecule has 1 aromatic heterocycles. The van der Waals surface area contributed by atoms with Gasteiger partial charge in [-0.3, -0.25) is 14.5 Å². The van der Waals surface area contributed by atoms with E-state index in [1.807, 2.05) is 41.8 Å². The van der Waals surface area contributed by atoms with Crippen LogP contribution in [0.3, 0.4) is 0 Å². The fourth-order valence-electron chi connectivity index (χ4n) is 4.15. The molecule has 8 nitrogen and oxygen atoms in total. The third kappa shape index (κ3) is 6.03. The molecule has 1 aromatic carbocycles. The third-order valence-electron chi connectivity index (χ3n) is 5.97. The van der Waals surface area contributed by atoms with Crippen molar-refractivity contribution in [2.24, 2.45) is 5.10 Å². The quantitative estimate of drug-likeness (QED) is 0.525. The Balaban J connectivity index is 1.53. The van der Waals surface area contributed by atoms with Crippen LogP contribution in [0.1, 0.15) is 22.9 Å². The smallest absolute Gasteiger partial charge is 0.262 e. The van der Waals surface area contributed by atoms with Gasteiger partial charge in [0.2, 0.25) is 5.91 Å². The van der Waals surface area contributed by atoms with Crippen LogP contribution in [0, 0.1) is 0 Å². The zero-order valence-electron chi connectivity index (χ0n) is 19.2. The van der Waals surface area contributed by atoms with Gasteiger partial charge in [-0.15, -0.1) is 11.3 Å². The molecule has 0 radical (unpaired) electrons. The van der Waals surface area contributed by atoms with Gasteiger partial charge in [-0.25, -0.2) is 5.01 Å². The highest BCUT2D eigenvalue weighted by molar-refractivity contribution is 7.12. The number of thiophene rings is 1. The van der Waals surface area contributed by atoms with Crippen molar-refractivity contribution in [3.8, 4) is 0 Å². The van der Waals surface area contributed by atoms with E-state index in [2.05, 4.69) is 4.90 Å². The predicted molar refractivity (Wildman–Crippen MR) is 132 cm³/mol. The van der Waals surface area contributed by atoms with Crippen LogP contribution in [-0.4, -0.2) is 92.0 Å². The highest BCUT2D eigenvalue weighted by atomic mass is 35.5. The fraction of sp³-hybridized carbons (Fsp3) is 0.458. The van der Waals surface area contributed by atoms with E-state index in [1.54, 1.807) is 16.2 Å². The summed E-state index contributed by atoms with van der Waals surface area (Å²) in [6.07, 6.45) is 0.565. The second-order valence-corrected chi connectivity index (χ2v) is 9.56. The van der Waals surface area contributed by atoms with Crippen molar-refractivity contribution in [3.63, 3.8) is 0 Å². The number of hydrazone groups is 1. The zero-order valence-corrected chi connectivity index (χ0v) is 20.8. The predicted octanol–water partition coefficient (Wildman–Crippen LogP) is 2.89. The summed E-state index contributed by atoms with van der Waals surface area (Å²) < 4.78 is 10.5. The Hall–Kier alpha value is -2.30. The Bertz CT molecular complexity index is 1010. The van der Waals surface area contributed by atoms with Crippen molar-refractivity contribution in [3.05, 3.63) is 57.2 Å². The van der Waals surface area contributed by atoms with Gasteiger partial charge >= 0.3 is 0 Å². The number of hydrogen-bond donors (Lipinski definition) is 0. The Morgan fingerprint density at radius 2 is 2.03 bits per heavy atom. The topological polar surface area (TPSA) is 74.7 Å². The van der Waals surface area contributed by atoms with Crippen LogP contribution in [0.25, 0.3) is 0 Å². The number of ether oxygens (including phenoxy) is 2. The minimum Gasteiger partial charge on any atom is -0.379 e. The second kappa shape index (κ2) is 11.9. The number of amides is 2. The Labute approximate surface area is 208 Å². The van der Waals surface area contributed by atoms with Crippen LogP contribution in [0.5, 0.6) is 0 Å². The molecule has 1 fully saturated rings. The van der Waals surface area contributed by atoms with E-state index in [1.165, 1.54) is 12.1 Å². The number of morpholine rings is 1. The van der Waals surface area contributed by atoms with Crippen LogP contribution in [0.15, 0.2) is 46.9 Å². The zero-order chi connectivity index (χ0) is 23.9. The molecule has 0 N–H and O–H groups in total. The van der Waals surface area contributed by atoms with Crippen LogP contribution in [0.4, 0.5) is 0 Å². The van der Waals surface area contributed by atoms with E-state index >= 15 is 0 Å². The highest BCUT2D eigenvalue weighted by Crippen LogP contribution is 2.37. The lowest BCUT2D eigenvalue weighted by Crippen LogP contribution is -2.47. The number of hydrogen-bond acceptors (Lipinski definition) is 7. The number of methoxy groups -OCH3 is 1. The SMILES string of the molecule is COCC(=O)N(CCN1CCOCC1)CC(=O)N1N=C(c2cccs2)C[C@H]1c1ccccc1Cl. The Kier molecular flexibility index (Phi) is 8.69. The Morgan fingerprint density at radius 3 is 2.74 bits per heavy atom. The van der Waals surface area contributed by atoms with E-state index in [-0.39, 0.29) is 31.0 Å². The maximum absolute atomic E-state index is 13.5. The standard InChI is InChI=1S/C24H29ClN4O4S/c1-32-17-24(31)28(9-8-27-10-12-33-13-11-27)16-23(30)29-21(18-5-2-3-6-19(18)25)15-20(26-29)22-7-4-14-34-22/h2-7,14,21H,8-13,15-17H2,1H3/t21-/m0/s1. The summed E-state index contributed by atoms with van der Waals surface area (Å²) in [4.78, 5) is 31.1. The van der Waals surface area contributed by atoms with Crippen LogP contribution < -0.4 is 0 Å². The largest absolute Gasteiger partial charge is 0.379 e. The number of nitrogens with zero attached hydrogens (tertiary/aromatic N) is 4. The van der Waals surface area contributed by atoms with Crippen molar-refractivity contribution >= 4 is 40.5 Å². The summed E-state index contributed by atoms with van der Waals surface area (Å²) in [7, 11) is 1.48. The van der Waals surface area contributed by atoms with Crippen LogP contribution in [0.2, 0.25) is 5.02 Å². The first-order valence-electron chi connectivity index (χ1n) is 11.3. The summed E-state index contributed by atoms with van der Waals surface area (Å²) in [6, 6.07) is 11.2. The number of rotatable bonds is 9. The van der Waals surface area contributed by atoms with Crippen molar-refractivity contribution < 1.29 is 19.1 Å². The molecule has 0 aliphatic carbocycles. The van der Waals surface area contributed by atoms with Crippen molar-refractivity contribution in [2.45, 2.75) is 12.5 Å². The van der Waals surface area contributed by atoms with Gasteiger partial charge in [-0.05, 0) is 23.1 Å². The first-order chi connectivity index (χ1) is 16.6. The number of halogens is 1. The molecule has 4 rings (SSSR count). The van der Waals surface area contributed by atoms with Gasteiger partial charge in [0.05, 0.1) is 29.8 Å². The summed E-state index contributed by atoms with van der Waals surface area (Å²) in [6.45, 7) is 3.94. The molecule has 0 bridgehead atoms. The maximum atomic E-state index is 13.5. The molecule has 2 aliphatic rings. The molecular weight excluding hydrogens is 476 g/mol. The Morgan fingerprint density at radius 1 is 1.24 bits per heavy atom. The lowest BCUT2D eigenvalue weighted by Gasteiger charge is -2.31. The maximum Gasteiger partial charge on any atom is 0.262 e. The molecule has 2 aromatic rings. The lowest BCUT2D eigenvalue weighted by atomic mass is 10.0. The van der Waals surface area contributed by atoms with E-state index in [9.17, 15) is 9.59 Å². The van der Waals surface area contributed by atoms with Crippen molar-refractivity contribution in [1.29, 1.82) is 0 Å². The summed E-state index contributed by atoms with van der Waals surface area (Å²) in [5, 5.41) is 8.77. The van der Waals surface area contributed by atoms with Gasteiger partial charge in [-0.1, -0.05) is 35.9 Å². The molecule has 3 heterocycles. The van der Waals surface area contributed by atoms with Gasteiger partial charge in [0.1, 0.15) is 13.2 Å². The molecule has 1 saturated heterocycles. The third-order valence-corrected chi connectivity index (χ3v) is 7.24. The monoisotopic (exact) mass is 504 g/mol. The number of carbonyl (C=O) groups is 2. The summed E-state index contributed by atoms with van der Waals surface area (Å²) in [5.74, 6) is -0.469. The highest BCUT2D eigenvalue weighted by Gasteiger charge is 2.35. The summed E-state index contributed by atoms with van der Waals surface area (Å²) in [5.41, 5.74) is 1.69. The minimum absolute atomic E-state index is 0.0747. The number of benzene rings is 1. The van der Waals surface area contributed by atoms with E-state index in [0.717, 1.165) is 29.2 Å². The molecule has 34 heavy (non-hydrogen) atoms. The number of carbonyl (C=O) groups excluding carboxylic acids is 2. The molecule has 0 saturated carbocycles. The lowest BCUT2D eigenvalue weighted by molar-refractivity contribution is -0.143. The van der Waals surface area contributed by atoms with Crippen molar-refractivity contribution in [1.82, 2.24) is 14.8 Å². The summed E-state index contributed by atoms with van der Waals surface area (Å²) >= 11 is 8.08. The molecule has 0 unspecified atom stereocenters. The first-order valence-corrected chi connectivity index (χ1v) is 12.6. The van der Waals surface area contributed by atoms with Crippen LogP contribution in [-0.2, 0) is 19.1 Å². The van der Waals surface area contributed by atoms with Gasteiger partial charge in [0, 0.05) is 44.7 Å². The normalized spacial score (nSPS) is 18.7. The van der Waals surface area contributed by atoms with Crippen molar-refractivity contribution in [2.75, 3.05) is 59.7 Å². The van der Waals surface area contributed by atoms with Crippen LogP contribution >= 0.6 is 22.9 Å². The van der Waals surface area contributed by atoms with Gasteiger partial charge < -0.3 is 14.4 Å². The van der Waals surface area contributed by atoms with Gasteiger partial charge in [0.25, 0.3) is 5.91 Å². The second-order valence-electron chi connectivity index (χ2n) is 8.21. The molecule has 1 atom stereocenters. The first kappa shape index (κ1) is 24.8. The van der Waals surface area contributed by atoms with E-state index in [0.29, 0.717) is 37.7 Å². The molecule has 2 amide bonds. The molecule has 0 spiro atoms. The van der Waals surface area contributed by atoms with E-state index in [4.69, 9.17) is 26.2 Å². The molecule has 2 aliphatic heterocycles. The molecule has 10 heteroatoms. The average Bonchev–Trinajstić information content (AvgIpc) is 3.53. The van der Waals surface area contributed by atoms with Gasteiger partial charge in [-0.2, -0.15) is 5.10 Å². The van der Waals surface area contributed by atoms with Gasteiger partial charge in [0.15, 0.2) is 0 Å². The fourth-order valence-corrected chi connectivity index (χ4v) is 5.13. The average molecular weight is 505 g/mol. The molecular formula is C24H29ClN4O4S.